The van der Waals surface area contributed by atoms with E-state index in [1.54, 1.807) is 12.0 Å². The number of carbonyl (C=O) groups is 2. The van der Waals surface area contributed by atoms with E-state index >= 15 is 0 Å². The van der Waals surface area contributed by atoms with Crippen molar-refractivity contribution in [2.45, 2.75) is 46.4 Å². The van der Waals surface area contributed by atoms with Crippen molar-refractivity contribution in [2.24, 2.45) is 0 Å². The fraction of sp³-hybridized carbons (Fsp3) is 0.500. The second kappa shape index (κ2) is 10.2. The first-order valence-electron chi connectivity index (χ1n) is 9.91. The van der Waals surface area contributed by atoms with Gasteiger partial charge < -0.3 is 23.7 Å². The van der Waals surface area contributed by atoms with E-state index in [0.29, 0.717) is 24.6 Å². The van der Waals surface area contributed by atoms with Gasteiger partial charge in [0.2, 0.25) is 0 Å². The van der Waals surface area contributed by atoms with Crippen LogP contribution in [0.2, 0.25) is 0 Å². The smallest absolute Gasteiger partial charge is 0.410 e. The quantitative estimate of drug-likeness (QED) is 0.708. The molecule has 8 heteroatoms. The molecule has 0 saturated carbocycles. The zero-order chi connectivity index (χ0) is 22.3. The number of carbonyl (C=O) groups excluding carboxylic acids is 2. The average Bonchev–Trinajstić information content (AvgIpc) is 3.11. The summed E-state index contributed by atoms with van der Waals surface area (Å²) < 4.78 is 16.8. The summed E-state index contributed by atoms with van der Waals surface area (Å²) >= 11 is 0. The van der Waals surface area contributed by atoms with Crippen LogP contribution in [0.4, 0.5) is 4.79 Å². The number of ether oxygens (including phenoxy) is 3. The zero-order valence-electron chi connectivity index (χ0n) is 18.6. The fourth-order valence-corrected chi connectivity index (χ4v) is 2.92. The Morgan fingerprint density at radius 2 is 1.73 bits per heavy atom. The molecule has 1 aromatic heterocycles. The highest BCUT2D eigenvalue weighted by molar-refractivity contribution is 5.89. The molecule has 3 rings (SSSR count). The standard InChI is InChI=1S/C19H23N3O4.C3H8O/c1-19(2,3)26-18(24)21-10-11-22-14(12-21)15(17(23)25-4)20-16(22)13-8-6-5-7-9-13;1-3-4-2/h5-9H,10-12H2,1-4H3;3H2,1-2H3. The highest BCUT2D eigenvalue weighted by Gasteiger charge is 2.32. The van der Waals surface area contributed by atoms with Crippen molar-refractivity contribution in [3.05, 3.63) is 41.7 Å². The van der Waals surface area contributed by atoms with Crippen molar-refractivity contribution in [1.29, 1.82) is 0 Å². The second-order valence-corrected chi connectivity index (χ2v) is 7.72. The summed E-state index contributed by atoms with van der Waals surface area (Å²) in [7, 11) is 3.00. The van der Waals surface area contributed by atoms with E-state index < -0.39 is 17.7 Å². The van der Waals surface area contributed by atoms with Gasteiger partial charge in [0.05, 0.1) is 19.3 Å². The van der Waals surface area contributed by atoms with Gasteiger partial charge in [-0.3, -0.25) is 0 Å². The fourth-order valence-electron chi connectivity index (χ4n) is 2.92. The molecule has 0 fully saturated rings. The van der Waals surface area contributed by atoms with Gasteiger partial charge in [0.15, 0.2) is 5.69 Å². The van der Waals surface area contributed by atoms with E-state index in [1.165, 1.54) is 7.11 Å². The van der Waals surface area contributed by atoms with Crippen molar-refractivity contribution in [2.75, 3.05) is 27.4 Å². The summed E-state index contributed by atoms with van der Waals surface area (Å²) in [4.78, 5) is 30.7. The number of imidazole rings is 1. The van der Waals surface area contributed by atoms with E-state index in [0.717, 1.165) is 12.2 Å². The Hall–Kier alpha value is -2.87. The van der Waals surface area contributed by atoms with Crippen LogP contribution in [0.15, 0.2) is 30.3 Å². The maximum absolute atomic E-state index is 12.4. The lowest BCUT2D eigenvalue weighted by Gasteiger charge is -2.31. The van der Waals surface area contributed by atoms with Crippen LogP contribution in [0.5, 0.6) is 0 Å². The molecule has 2 aromatic rings. The molecule has 30 heavy (non-hydrogen) atoms. The van der Waals surface area contributed by atoms with Gasteiger partial charge in [-0.05, 0) is 27.7 Å². The van der Waals surface area contributed by atoms with Crippen molar-refractivity contribution in [3.63, 3.8) is 0 Å². The zero-order valence-corrected chi connectivity index (χ0v) is 18.6. The lowest BCUT2D eigenvalue weighted by molar-refractivity contribution is 0.0196. The van der Waals surface area contributed by atoms with Crippen LogP contribution in [0.25, 0.3) is 11.4 Å². The van der Waals surface area contributed by atoms with Gasteiger partial charge in [-0.25, -0.2) is 14.6 Å². The number of rotatable bonds is 3. The van der Waals surface area contributed by atoms with E-state index in [2.05, 4.69) is 9.72 Å². The van der Waals surface area contributed by atoms with Crippen molar-refractivity contribution in [1.82, 2.24) is 14.5 Å². The summed E-state index contributed by atoms with van der Waals surface area (Å²) in [6.07, 6.45) is -0.401. The molecule has 1 amide bonds. The van der Waals surface area contributed by atoms with Gasteiger partial charge in [-0.2, -0.15) is 0 Å². The Kier molecular flexibility index (Phi) is 8.00. The highest BCUT2D eigenvalue weighted by Crippen LogP contribution is 2.27. The molecule has 0 saturated heterocycles. The Labute approximate surface area is 177 Å². The van der Waals surface area contributed by atoms with Gasteiger partial charge in [0.1, 0.15) is 11.4 Å². The highest BCUT2D eigenvalue weighted by atomic mass is 16.6. The third-order valence-corrected chi connectivity index (χ3v) is 4.36. The molecule has 2 heterocycles. The summed E-state index contributed by atoms with van der Waals surface area (Å²) in [6, 6.07) is 9.65. The first kappa shape index (κ1) is 23.4. The first-order chi connectivity index (χ1) is 14.2. The molecular weight excluding hydrogens is 386 g/mol. The molecule has 1 aromatic carbocycles. The van der Waals surface area contributed by atoms with Crippen molar-refractivity contribution < 1.29 is 23.8 Å². The van der Waals surface area contributed by atoms with Crippen LogP contribution >= 0.6 is 0 Å². The summed E-state index contributed by atoms with van der Waals surface area (Å²) in [5.74, 6) is 0.187. The summed E-state index contributed by atoms with van der Waals surface area (Å²) in [5.41, 5.74) is 1.23. The maximum atomic E-state index is 12.4. The lowest BCUT2D eigenvalue weighted by atomic mass is 10.2. The predicted octanol–water partition coefficient (Wildman–Crippen LogP) is 3.74. The molecule has 164 valence electrons. The van der Waals surface area contributed by atoms with Crippen LogP contribution in [0.3, 0.4) is 0 Å². The minimum Gasteiger partial charge on any atom is -0.464 e. The molecule has 8 nitrogen and oxygen atoms in total. The largest absolute Gasteiger partial charge is 0.464 e. The monoisotopic (exact) mass is 417 g/mol. The topological polar surface area (TPSA) is 82.9 Å². The molecule has 0 spiro atoms. The number of hydrogen-bond donors (Lipinski definition) is 0. The number of methoxy groups -OCH3 is 2. The number of aromatic nitrogens is 2. The van der Waals surface area contributed by atoms with Crippen LogP contribution in [0.1, 0.15) is 43.9 Å². The van der Waals surface area contributed by atoms with Gasteiger partial charge in [0, 0.05) is 32.4 Å². The number of fused-ring (bicyclic) bond motifs is 1. The van der Waals surface area contributed by atoms with Crippen molar-refractivity contribution >= 4 is 12.1 Å². The minimum absolute atomic E-state index is 0.236. The number of nitrogens with zero attached hydrogens (tertiary/aromatic N) is 3. The molecule has 0 N–H and O–H groups in total. The van der Waals surface area contributed by atoms with Gasteiger partial charge >= 0.3 is 12.1 Å². The first-order valence-corrected chi connectivity index (χ1v) is 9.91. The Morgan fingerprint density at radius 1 is 1.10 bits per heavy atom. The van der Waals surface area contributed by atoms with E-state index in [-0.39, 0.29) is 12.2 Å². The van der Waals surface area contributed by atoms with Crippen LogP contribution in [-0.2, 0) is 27.3 Å². The van der Waals surface area contributed by atoms with Crippen LogP contribution < -0.4 is 0 Å². The predicted molar refractivity (Wildman–Crippen MR) is 113 cm³/mol. The number of amides is 1. The Balaban J connectivity index is 0.000000735. The van der Waals surface area contributed by atoms with Gasteiger partial charge in [0.25, 0.3) is 0 Å². The van der Waals surface area contributed by atoms with Crippen molar-refractivity contribution in [3.8, 4) is 11.4 Å². The third kappa shape index (κ3) is 5.82. The SMILES string of the molecule is CCOC.COC(=O)c1nc(-c2ccccc2)n2c1CN(C(=O)OC(C)(C)C)CC2. The molecule has 1 aliphatic heterocycles. The number of benzene rings is 1. The Bertz CT molecular complexity index is 854. The molecule has 0 bridgehead atoms. The van der Waals surface area contributed by atoms with E-state index in [1.807, 2.05) is 62.6 Å². The molecular formula is C22H31N3O5. The summed E-state index contributed by atoms with van der Waals surface area (Å²) in [5, 5.41) is 0. The number of hydrogen-bond acceptors (Lipinski definition) is 6. The normalized spacial score (nSPS) is 13.1. The Morgan fingerprint density at radius 3 is 2.27 bits per heavy atom. The molecule has 0 aliphatic carbocycles. The third-order valence-electron chi connectivity index (χ3n) is 4.36. The van der Waals surface area contributed by atoms with Crippen LogP contribution in [-0.4, -0.2) is 59.5 Å². The van der Waals surface area contributed by atoms with E-state index in [4.69, 9.17) is 9.47 Å². The maximum Gasteiger partial charge on any atom is 0.410 e. The summed E-state index contributed by atoms with van der Waals surface area (Å²) in [6.45, 7) is 9.52. The molecule has 0 atom stereocenters. The number of esters is 1. The molecule has 0 radical (unpaired) electrons. The van der Waals surface area contributed by atoms with Gasteiger partial charge in [-0.15, -0.1) is 0 Å². The second-order valence-electron chi connectivity index (χ2n) is 7.72. The van der Waals surface area contributed by atoms with Gasteiger partial charge in [-0.1, -0.05) is 30.3 Å². The van der Waals surface area contributed by atoms with E-state index in [9.17, 15) is 9.59 Å². The molecule has 0 unspecified atom stereocenters. The average molecular weight is 418 g/mol. The molecule has 1 aliphatic rings. The minimum atomic E-state index is -0.574. The lowest BCUT2D eigenvalue weighted by Crippen LogP contribution is -2.41. The van der Waals surface area contributed by atoms with Crippen LogP contribution in [0, 0.1) is 0 Å².